The van der Waals surface area contributed by atoms with E-state index in [4.69, 9.17) is 9.15 Å². The van der Waals surface area contributed by atoms with Gasteiger partial charge in [0.2, 0.25) is 11.8 Å². The highest BCUT2D eigenvalue weighted by molar-refractivity contribution is 5.92. The number of hydrogen-bond donors (Lipinski definition) is 1. The van der Waals surface area contributed by atoms with Crippen LogP contribution in [0.5, 0.6) is 0 Å². The minimum atomic E-state index is -0.194. The monoisotopic (exact) mass is 396 g/mol. The first-order valence-electron chi connectivity index (χ1n) is 10.4. The molecule has 0 atom stereocenters. The van der Waals surface area contributed by atoms with Crippen LogP contribution in [0.25, 0.3) is 11.3 Å². The molecule has 1 aromatic heterocycles. The second kappa shape index (κ2) is 8.82. The van der Waals surface area contributed by atoms with E-state index in [0.29, 0.717) is 18.1 Å². The molecule has 0 spiro atoms. The maximum Gasteiger partial charge on any atom is 0.250 e. The number of fused-ring (bicyclic) bond motifs is 1. The van der Waals surface area contributed by atoms with Crippen LogP contribution in [0.4, 0.5) is 5.69 Å². The van der Waals surface area contributed by atoms with Crippen LogP contribution < -0.4 is 5.32 Å². The van der Waals surface area contributed by atoms with Crippen molar-refractivity contribution in [2.75, 3.05) is 25.6 Å². The lowest BCUT2D eigenvalue weighted by Gasteiger charge is -2.31. The molecular formula is C23H28N2O4. The Bertz CT molecular complexity index is 883. The smallest absolute Gasteiger partial charge is 0.250 e. The summed E-state index contributed by atoms with van der Waals surface area (Å²) in [4.78, 5) is 26.6. The third-order valence-electron chi connectivity index (χ3n) is 5.84. The van der Waals surface area contributed by atoms with E-state index in [-0.39, 0.29) is 18.4 Å². The number of furan rings is 1. The first kappa shape index (κ1) is 19.7. The van der Waals surface area contributed by atoms with Crippen molar-refractivity contribution in [3.8, 4) is 11.3 Å². The maximum absolute atomic E-state index is 12.9. The van der Waals surface area contributed by atoms with E-state index >= 15 is 0 Å². The van der Waals surface area contributed by atoms with Gasteiger partial charge in [-0.1, -0.05) is 31.4 Å². The summed E-state index contributed by atoms with van der Waals surface area (Å²) in [5.74, 6) is 2.04. The molecule has 1 fully saturated rings. The van der Waals surface area contributed by atoms with Crippen molar-refractivity contribution in [2.45, 2.75) is 45.1 Å². The van der Waals surface area contributed by atoms with Gasteiger partial charge in [0.1, 0.15) is 18.1 Å². The molecule has 2 heterocycles. The van der Waals surface area contributed by atoms with Gasteiger partial charge in [0.05, 0.1) is 0 Å². The second-order valence-corrected chi connectivity index (χ2v) is 7.97. The van der Waals surface area contributed by atoms with E-state index in [1.54, 1.807) is 0 Å². The molecule has 1 saturated carbocycles. The highest BCUT2D eigenvalue weighted by Crippen LogP contribution is 2.32. The highest BCUT2D eigenvalue weighted by Gasteiger charge is 2.30. The standard InChI is InChI=1S/C23H28N2O4/c1-28-15-22(26)24-19-9-5-8-17(12-19)21-13-18-14-25(11-10-20(18)29-21)23(27)16-6-3-2-4-7-16/h5,8-9,12-13,16H,2-4,6-7,10-11,14-15H2,1H3,(H,24,26). The predicted octanol–water partition coefficient (Wildman–Crippen LogP) is 4.00. The van der Waals surface area contributed by atoms with E-state index in [9.17, 15) is 9.59 Å². The zero-order valence-electron chi connectivity index (χ0n) is 16.9. The van der Waals surface area contributed by atoms with Gasteiger partial charge in [-0.2, -0.15) is 0 Å². The summed E-state index contributed by atoms with van der Waals surface area (Å²) in [5, 5.41) is 2.81. The van der Waals surface area contributed by atoms with Gasteiger partial charge in [-0.3, -0.25) is 9.59 Å². The van der Waals surface area contributed by atoms with Gasteiger partial charge in [-0.15, -0.1) is 0 Å². The number of nitrogens with zero attached hydrogens (tertiary/aromatic N) is 1. The quantitative estimate of drug-likeness (QED) is 0.829. The first-order chi connectivity index (χ1) is 14.1. The summed E-state index contributed by atoms with van der Waals surface area (Å²) < 4.78 is 11.0. The molecule has 2 amide bonds. The molecule has 1 aliphatic carbocycles. The van der Waals surface area contributed by atoms with Gasteiger partial charge in [0.15, 0.2) is 0 Å². The van der Waals surface area contributed by atoms with Crippen LogP contribution in [0, 0.1) is 5.92 Å². The van der Waals surface area contributed by atoms with Gasteiger partial charge >= 0.3 is 0 Å². The molecule has 1 aliphatic heterocycles. The van der Waals surface area contributed by atoms with Crippen LogP contribution in [-0.2, 0) is 27.3 Å². The van der Waals surface area contributed by atoms with Gasteiger partial charge < -0.3 is 19.4 Å². The molecule has 0 saturated heterocycles. The van der Waals surface area contributed by atoms with Crippen molar-refractivity contribution in [3.63, 3.8) is 0 Å². The molecular weight excluding hydrogens is 368 g/mol. The molecule has 0 radical (unpaired) electrons. The molecule has 0 unspecified atom stereocenters. The number of carbonyl (C=O) groups is 2. The fraction of sp³-hybridized carbons (Fsp3) is 0.478. The lowest BCUT2D eigenvalue weighted by Crippen LogP contribution is -2.40. The topological polar surface area (TPSA) is 71.8 Å². The van der Waals surface area contributed by atoms with Crippen LogP contribution in [0.15, 0.2) is 34.7 Å². The summed E-state index contributed by atoms with van der Waals surface area (Å²) in [7, 11) is 1.49. The minimum absolute atomic E-state index is 0.0180. The Morgan fingerprint density at radius 2 is 2.03 bits per heavy atom. The molecule has 1 N–H and O–H groups in total. The van der Waals surface area contributed by atoms with Gasteiger partial charge in [-0.05, 0) is 31.0 Å². The second-order valence-electron chi connectivity index (χ2n) is 7.97. The Morgan fingerprint density at radius 3 is 2.83 bits per heavy atom. The average Bonchev–Trinajstić information content (AvgIpc) is 3.17. The molecule has 6 heteroatoms. The van der Waals surface area contributed by atoms with Gasteiger partial charge in [0, 0.05) is 49.4 Å². The Balaban J connectivity index is 1.47. The largest absolute Gasteiger partial charge is 0.461 e. The Labute approximate surface area is 171 Å². The number of benzene rings is 1. The van der Waals surface area contributed by atoms with Crippen LogP contribution in [0.1, 0.15) is 43.4 Å². The molecule has 154 valence electrons. The zero-order chi connectivity index (χ0) is 20.2. The van der Waals surface area contributed by atoms with Crippen molar-refractivity contribution in [1.82, 2.24) is 4.90 Å². The Kier molecular flexibility index (Phi) is 6.00. The van der Waals surface area contributed by atoms with E-state index < -0.39 is 0 Å². The number of ether oxygens (including phenoxy) is 1. The van der Waals surface area contributed by atoms with Gasteiger partial charge in [0.25, 0.3) is 0 Å². The SMILES string of the molecule is COCC(=O)Nc1cccc(-c2cc3c(o2)CCN(C(=O)C2CCCCC2)C3)c1. The van der Waals surface area contributed by atoms with E-state index in [1.165, 1.54) is 26.4 Å². The number of anilines is 1. The summed E-state index contributed by atoms with van der Waals surface area (Å²) >= 11 is 0. The summed E-state index contributed by atoms with van der Waals surface area (Å²) in [6.07, 6.45) is 6.40. The number of carbonyl (C=O) groups excluding carboxylic acids is 2. The normalized spacial score (nSPS) is 17.1. The lowest BCUT2D eigenvalue weighted by molar-refractivity contribution is -0.137. The molecule has 4 rings (SSSR count). The summed E-state index contributed by atoms with van der Waals surface area (Å²) in [6.45, 7) is 1.37. The van der Waals surface area contributed by atoms with Crippen LogP contribution >= 0.6 is 0 Å². The number of amides is 2. The number of rotatable bonds is 5. The first-order valence-corrected chi connectivity index (χ1v) is 10.4. The predicted molar refractivity (Wildman–Crippen MR) is 110 cm³/mol. The average molecular weight is 396 g/mol. The third kappa shape index (κ3) is 4.53. The maximum atomic E-state index is 12.9. The molecule has 2 aromatic rings. The van der Waals surface area contributed by atoms with Crippen LogP contribution in [0.3, 0.4) is 0 Å². The van der Waals surface area contributed by atoms with E-state index in [1.807, 2.05) is 35.2 Å². The summed E-state index contributed by atoms with van der Waals surface area (Å²) in [5.41, 5.74) is 2.69. The fourth-order valence-corrected chi connectivity index (χ4v) is 4.35. The third-order valence-corrected chi connectivity index (χ3v) is 5.84. The van der Waals surface area contributed by atoms with E-state index in [0.717, 1.165) is 48.5 Å². The Hall–Kier alpha value is -2.60. The fourth-order valence-electron chi connectivity index (χ4n) is 4.35. The number of nitrogens with one attached hydrogen (secondary N) is 1. The molecule has 6 nitrogen and oxygen atoms in total. The Morgan fingerprint density at radius 1 is 1.21 bits per heavy atom. The lowest BCUT2D eigenvalue weighted by atomic mass is 9.88. The minimum Gasteiger partial charge on any atom is -0.461 e. The molecule has 1 aromatic carbocycles. The van der Waals surface area contributed by atoms with Crippen molar-refractivity contribution in [2.24, 2.45) is 5.92 Å². The van der Waals surface area contributed by atoms with Gasteiger partial charge in [-0.25, -0.2) is 0 Å². The zero-order valence-corrected chi connectivity index (χ0v) is 16.9. The molecule has 0 bridgehead atoms. The van der Waals surface area contributed by atoms with Crippen molar-refractivity contribution >= 4 is 17.5 Å². The summed E-state index contributed by atoms with van der Waals surface area (Å²) in [6, 6.07) is 9.61. The van der Waals surface area contributed by atoms with Crippen LogP contribution in [0.2, 0.25) is 0 Å². The molecule has 29 heavy (non-hydrogen) atoms. The van der Waals surface area contributed by atoms with Crippen LogP contribution in [-0.4, -0.2) is 37.0 Å². The van der Waals surface area contributed by atoms with E-state index in [2.05, 4.69) is 5.32 Å². The highest BCUT2D eigenvalue weighted by atomic mass is 16.5. The number of methoxy groups -OCH3 is 1. The number of hydrogen-bond acceptors (Lipinski definition) is 4. The van der Waals surface area contributed by atoms with Crippen molar-refractivity contribution < 1.29 is 18.7 Å². The van der Waals surface area contributed by atoms with Crippen molar-refractivity contribution in [1.29, 1.82) is 0 Å². The molecule has 2 aliphatic rings. The van der Waals surface area contributed by atoms with Crippen molar-refractivity contribution in [3.05, 3.63) is 41.7 Å².